The molecule has 0 aliphatic carbocycles. The molecule has 0 aromatic rings. The second kappa shape index (κ2) is 9.85. The lowest BCUT2D eigenvalue weighted by atomic mass is 9.95. The highest BCUT2D eigenvalue weighted by atomic mass is 32.2. The van der Waals surface area contributed by atoms with Crippen molar-refractivity contribution >= 4 is 11.8 Å². The first-order chi connectivity index (χ1) is 6.70. The van der Waals surface area contributed by atoms with E-state index in [1.54, 1.807) is 0 Å². The average Bonchev–Trinajstić information content (AvgIpc) is 2.13. The summed E-state index contributed by atoms with van der Waals surface area (Å²) in [5, 5.41) is 3.54. The van der Waals surface area contributed by atoms with E-state index in [2.05, 4.69) is 32.3 Å². The van der Waals surface area contributed by atoms with E-state index < -0.39 is 0 Å². The van der Waals surface area contributed by atoms with Crippen molar-refractivity contribution in [2.45, 2.75) is 40.0 Å². The van der Waals surface area contributed by atoms with Crippen molar-refractivity contribution in [1.29, 1.82) is 0 Å². The maximum Gasteiger partial charge on any atom is -0.00201 e. The van der Waals surface area contributed by atoms with Gasteiger partial charge in [-0.2, -0.15) is 11.8 Å². The number of thioether (sulfide) groups is 1. The molecular formula is C12H27NS. The van der Waals surface area contributed by atoms with Crippen molar-refractivity contribution in [3.8, 4) is 0 Å². The summed E-state index contributed by atoms with van der Waals surface area (Å²) in [6.45, 7) is 9.27. The maximum atomic E-state index is 3.54. The summed E-state index contributed by atoms with van der Waals surface area (Å²) in [5.41, 5.74) is 0. The number of rotatable bonds is 9. The first-order valence-corrected chi connectivity index (χ1v) is 7.29. The van der Waals surface area contributed by atoms with Gasteiger partial charge in [0.05, 0.1) is 0 Å². The highest BCUT2D eigenvalue weighted by Gasteiger charge is 2.09. The Labute approximate surface area is 94.4 Å². The quantitative estimate of drug-likeness (QED) is 0.594. The Bertz CT molecular complexity index is 115. The molecule has 86 valence electrons. The van der Waals surface area contributed by atoms with Gasteiger partial charge in [-0.25, -0.2) is 0 Å². The standard InChI is InChI=1S/C12H27NS/c1-5-7-13-10-12(6-8-14-4)9-11(2)3/h11-13H,5-10H2,1-4H3. The van der Waals surface area contributed by atoms with E-state index in [0.717, 1.165) is 11.8 Å². The van der Waals surface area contributed by atoms with Crippen LogP contribution >= 0.6 is 11.8 Å². The fraction of sp³-hybridized carbons (Fsp3) is 1.00. The molecule has 0 saturated carbocycles. The van der Waals surface area contributed by atoms with Crippen LogP contribution in [0.25, 0.3) is 0 Å². The molecule has 14 heavy (non-hydrogen) atoms. The van der Waals surface area contributed by atoms with Gasteiger partial charge >= 0.3 is 0 Å². The fourth-order valence-electron chi connectivity index (χ4n) is 1.74. The first-order valence-electron chi connectivity index (χ1n) is 5.90. The van der Waals surface area contributed by atoms with Crippen LogP contribution in [0, 0.1) is 11.8 Å². The molecule has 1 unspecified atom stereocenters. The van der Waals surface area contributed by atoms with Crippen molar-refractivity contribution in [1.82, 2.24) is 5.32 Å². The SMILES string of the molecule is CCCNCC(CCSC)CC(C)C. The minimum atomic E-state index is 0.838. The van der Waals surface area contributed by atoms with Crippen LogP contribution in [0.15, 0.2) is 0 Å². The smallest absolute Gasteiger partial charge is 0.00201 e. The Morgan fingerprint density at radius 2 is 2.00 bits per heavy atom. The molecule has 1 atom stereocenters. The third kappa shape index (κ3) is 8.89. The Hall–Kier alpha value is 0.310. The molecule has 1 N–H and O–H groups in total. The molecule has 0 rings (SSSR count). The molecule has 0 radical (unpaired) electrons. The van der Waals surface area contributed by atoms with Crippen LogP contribution in [0.5, 0.6) is 0 Å². The van der Waals surface area contributed by atoms with Crippen molar-refractivity contribution in [2.24, 2.45) is 11.8 Å². The summed E-state index contributed by atoms with van der Waals surface area (Å²) in [7, 11) is 0. The zero-order valence-electron chi connectivity index (χ0n) is 10.3. The van der Waals surface area contributed by atoms with E-state index in [4.69, 9.17) is 0 Å². The van der Waals surface area contributed by atoms with Crippen molar-refractivity contribution in [3.05, 3.63) is 0 Å². The van der Waals surface area contributed by atoms with Gasteiger partial charge in [-0.1, -0.05) is 20.8 Å². The molecule has 0 aliphatic rings. The average molecular weight is 217 g/mol. The van der Waals surface area contributed by atoms with Crippen LogP contribution in [-0.4, -0.2) is 25.1 Å². The molecule has 0 aliphatic heterocycles. The predicted molar refractivity (Wildman–Crippen MR) is 69.1 cm³/mol. The van der Waals surface area contributed by atoms with Crippen LogP contribution in [-0.2, 0) is 0 Å². The van der Waals surface area contributed by atoms with Gasteiger partial charge in [0.15, 0.2) is 0 Å². The van der Waals surface area contributed by atoms with Crippen molar-refractivity contribution < 1.29 is 0 Å². The van der Waals surface area contributed by atoms with E-state index in [1.807, 2.05) is 11.8 Å². The lowest BCUT2D eigenvalue weighted by molar-refractivity contribution is 0.380. The van der Waals surface area contributed by atoms with E-state index in [0.29, 0.717) is 0 Å². The lowest BCUT2D eigenvalue weighted by Crippen LogP contribution is -2.25. The number of hydrogen-bond acceptors (Lipinski definition) is 2. The zero-order valence-corrected chi connectivity index (χ0v) is 11.1. The van der Waals surface area contributed by atoms with Gasteiger partial charge in [-0.15, -0.1) is 0 Å². The molecule has 1 nitrogen and oxygen atoms in total. The summed E-state index contributed by atoms with van der Waals surface area (Å²) >= 11 is 1.97. The Morgan fingerprint density at radius 3 is 2.50 bits per heavy atom. The van der Waals surface area contributed by atoms with E-state index in [9.17, 15) is 0 Å². The van der Waals surface area contributed by atoms with Crippen molar-refractivity contribution in [2.75, 3.05) is 25.1 Å². The maximum absolute atomic E-state index is 3.54. The van der Waals surface area contributed by atoms with Crippen LogP contribution in [0.4, 0.5) is 0 Å². The van der Waals surface area contributed by atoms with Crippen LogP contribution < -0.4 is 5.32 Å². The van der Waals surface area contributed by atoms with Crippen LogP contribution in [0.3, 0.4) is 0 Å². The molecule has 0 fully saturated rings. The van der Waals surface area contributed by atoms with Gasteiger partial charge in [-0.05, 0) is 56.2 Å². The second-order valence-electron chi connectivity index (χ2n) is 4.48. The predicted octanol–water partition coefficient (Wildman–Crippen LogP) is 3.40. The molecular weight excluding hydrogens is 190 g/mol. The zero-order chi connectivity index (χ0) is 10.8. The third-order valence-corrected chi connectivity index (χ3v) is 3.04. The van der Waals surface area contributed by atoms with Gasteiger partial charge in [0.25, 0.3) is 0 Å². The number of hydrogen-bond donors (Lipinski definition) is 1. The summed E-state index contributed by atoms with van der Waals surface area (Å²) in [4.78, 5) is 0. The van der Waals surface area contributed by atoms with Gasteiger partial charge in [0.2, 0.25) is 0 Å². The molecule has 0 bridgehead atoms. The Morgan fingerprint density at radius 1 is 1.29 bits per heavy atom. The minimum absolute atomic E-state index is 0.838. The van der Waals surface area contributed by atoms with Gasteiger partial charge in [0, 0.05) is 0 Å². The molecule has 0 aromatic heterocycles. The first kappa shape index (κ1) is 14.3. The van der Waals surface area contributed by atoms with Crippen LogP contribution in [0.1, 0.15) is 40.0 Å². The summed E-state index contributed by atoms with van der Waals surface area (Å²) in [6.07, 6.45) is 6.19. The minimum Gasteiger partial charge on any atom is -0.316 e. The van der Waals surface area contributed by atoms with Gasteiger partial charge < -0.3 is 5.32 Å². The van der Waals surface area contributed by atoms with Gasteiger partial charge in [0.1, 0.15) is 0 Å². The highest BCUT2D eigenvalue weighted by Crippen LogP contribution is 2.16. The Balaban J connectivity index is 3.61. The second-order valence-corrected chi connectivity index (χ2v) is 5.47. The topological polar surface area (TPSA) is 12.0 Å². The monoisotopic (exact) mass is 217 g/mol. The van der Waals surface area contributed by atoms with E-state index in [-0.39, 0.29) is 0 Å². The van der Waals surface area contributed by atoms with Crippen molar-refractivity contribution in [3.63, 3.8) is 0 Å². The summed E-state index contributed by atoms with van der Waals surface area (Å²) in [6, 6.07) is 0. The molecule has 0 heterocycles. The van der Waals surface area contributed by atoms with Gasteiger partial charge in [-0.3, -0.25) is 0 Å². The van der Waals surface area contributed by atoms with E-state index in [1.165, 1.54) is 38.1 Å². The lowest BCUT2D eigenvalue weighted by Gasteiger charge is -2.19. The van der Waals surface area contributed by atoms with Crippen LogP contribution in [0.2, 0.25) is 0 Å². The fourth-order valence-corrected chi connectivity index (χ4v) is 2.31. The summed E-state index contributed by atoms with van der Waals surface area (Å²) < 4.78 is 0. The molecule has 2 heteroatoms. The molecule has 0 aromatic carbocycles. The normalized spacial score (nSPS) is 13.5. The largest absolute Gasteiger partial charge is 0.316 e. The molecule has 0 spiro atoms. The summed E-state index contributed by atoms with van der Waals surface area (Å²) in [5.74, 6) is 3.03. The highest BCUT2D eigenvalue weighted by molar-refractivity contribution is 7.98. The number of nitrogens with one attached hydrogen (secondary N) is 1. The third-order valence-electron chi connectivity index (χ3n) is 2.39. The molecule has 0 saturated heterocycles. The Kier molecular flexibility index (Phi) is 10.1. The van der Waals surface area contributed by atoms with E-state index >= 15 is 0 Å². The molecule has 0 amide bonds.